The van der Waals surface area contributed by atoms with Crippen LogP contribution in [0, 0.1) is 17.8 Å². The zero-order chi connectivity index (χ0) is 11.4. The molecule has 0 aromatic heterocycles. The Morgan fingerprint density at radius 2 is 2.13 bits per heavy atom. The molecular weight excluding hydrogens is 184 g/mol. The summed E-state index contributed by atoms with van der Waals surface area (Å²) in [5, 5.41) is 0. The van der Waals surface area contributed by atoms with Gasteiger partial charge in [-0.1, -0.05) is 25.5 Å². The van der Waals surface area contributed by atoms with Crippen molar-refractivity contribution in [1.29, 1.82) is 0 Å². The van der Waals surface area contributed by atoms with Gasteiger partial charge in [-0.2, -0.15) is 0 Å². The summed E-state index contributed by atoms with van der Waals surface area (Å²) < 4.78 is 0. The lowest BCUT2D eigenvalue weighted by Gasteiger charge is -2.33. The molecule has 0 spiro atoms. The van der Waals surface area contributed by atoms with E-state index in [1.165, 1.54) is 5.57 Å². The molecule has 0 amide bonds. The molecule has 0 aliphatic heterocycles. The van der Waals surface area contributed by atoms with E-state index in [9.17, 15) is 4.79 Å². The Labute approximate surface area is 93.9 Å². The number of carbonyl (C=O) groups excluding carboxylic acids is 1. The van der Waals surface area contributed by atoms with Gasteiger partial charge in [0.1, 0.15) is 5.78 Å². The molecule has 15 heavy (non-hydrogen) atoms. The fourth-order valence-corrected chi connectivity index (χ4v) is 2.63. The van der Waals surface area contributed by atoms with Crippen molar-refractivity contribution in [3.05, 3.63) is 11.6 Å². The smallest absolute Gasteiger partial charge is 0.133 e. The Kier molecular flexibility index (Phi) is 4.56. The predicted molar refractivity (Wildman–Crippen MR) is 64.7 cm³/mol. The quantitative estimate of drug-likeness (QED) is 0.641. The third-order valence-corrected chi connectivity index (χ3v) is 3.54. The molecule has 1 heteroatoms. The van der Waals surface area contributed by atoms with Crippen LogP contribution >= 0.6 is 0 Å². The highest BCUT2D eigenvalue weighted by atomic mass is 16.1. The minimum atomic E-state index is 0.471. The van der Waals surface area contributed by atoms with Crippen molar-refractivity contribution in [3.63, 3.8) is 0 Å². The normalized spacial score (nSPS) is 26.9. The SMILES string of the molecule is CC(C)=CC[C@H]1CC(=O)CC[C@@H]1C(C)C. The molecule has 1 aliphatic rings. The summed E-state index contributed by atoms with van der Waals surface area (Å²) in [5.41, 5.74) is 1.37. The fraction of sp³-hybridized carbons (Fsp3) is 0.786. The van der Waals surface area contributed by atoms with E-state index < -0.39 is 0 Å². The largest absolute Gasteiger partial charge is 0.300 e. The average Bonchev–Trinajstić information content (AvgIpc) is 2.14. The summed E-state index contributed by atoms with van der Waals surface area (Å²) in [7, 11) is 0. The molecule has 1 aliphatic carbocycles. The molecule has 2 atom stereocenters. The average molecular weight is 208 g/mol. The Balaban J connectivity index is 2.62. The van der Waals surface area contributed by atoms with Crippen molar-refractivity contribution in [3.8, 4) is 0 Å². The summed E-state index contributed by atoms with van der Waals surface area (Å²) in [5.74, 6) is 2.53. The first-order valence-corrected chi connectivity index (χ1v) is 6.15. The van der Waals surface area contributed by atoms with E-state index in [4.69, 9.17) is 0 Å². The van der Waals surface area contributed by atoms with Crippen molar-refractivity contribution >= 4 is 5.78 Å². The minimum absolute atomic E-state index is 0.471. The highest BCUT2D eigenvalue weighted by Crippen LogP contribution is 2.35. The van der Waals surface area contributed by atoms with Crippen LogP contribution in [0.4, 0.5) is 0 Å². The Morgan fingerprint density at radius 1 is 1.47 bits per heavy atom. The number of hydrogen-bond donors (Lipinski definition) is 0. The number of allylic oxidation sites excluding steroid dienone is 2. The van der Waals surface area contributed by atoms with Gasteiger partial charge in [-0.25, -0.2) is 0 Å². The molecule has 0 aromatic rings. The highest BCUT2D eigenvalue weighted by Gasteiger charge is 2.30. The molecular formula is C14H24O. The highest BCUT2D eigenvalue weighted by molar-refractivity contribution is 5.79. The van der Waals surface area contributed by atoms with Gasteiger partial charge in [-0.15, -0.1) is 0 Å². The second-order valence-corrected chi connectivity index (χ2v) is 5.47. The van der Waals surface area contributed by atoms with Crippen molar-refractivity contribution in [2.45, 2.75) is 53.4 Å². The topological polar surface area (TPSA) is 17.1 Å². The standard InChI is InChI=1S/C14H24O/c1-10(2)5-6-12-9-13(15)7-8-14(12)11(3)4/h5,11-12,14H,6-9H2,1-4H3/t12-,14+/m0/s1. The fourth-order valence-electron chi connectivity index (χ4n) is 2.63. The van der Waals surface area contributed by atoms with Gasteiger partial charge in [0.15, 0.2) is 0 Å². The van der Waals surface area contributed by atoms with E-state index in [-0.39, 0.29) is 0 Å². The van der Waals surface area contributed by atoms with E-state index in [0.717, 1.165) is 31.6 Å². The minimum Gasteiger partial charge on any atom is -0.300 e. The van der Waals surface area contributed by atoms with Crippen molar-refractivity contribution in [2.75, 3.05) is 0 Å². The maximum atomic E-state index is 11.5. The summed E-state index contributed by atoms with van der Waals surface area (Å²) in [6.07, 6.45) is 6.12. The van der Waals surface area contributed by atoms with Crippen LogP contribution in [0.15, 0.2) is 11.6 Å². The molecule has 86 valence electrons. The monoisotopic (exact) mass is 208 g/mol. The van der Waals surface area contributed by atoms with Crippen LogP contribution in [-0.2, 0) is 4.79 Å². The van der Waals surface area contributed by atoms with Crippen molar-refractivity contribution < 1.29 is 4.79 Å². The van der Waals surface area contributed by atoms with Crippen LogP contribution in [-0.4, -0.2) is 5.78 Å². The maximum absolute atomic E-state index is 11.5. The molecule has 0 N–H and O–H groups in total. The van der Waals surface area contributed by atoms with E-state index in [1.807, 2.05) is 0 Å². The van der Waals surface area contributed by atoms with Gasteiger partial charge in [0, 0.05) is 12.8 Å². The van der Waals surface area contributed by atoms with Crippen LogP contribution in [0.25, 0.3) is 0 Å². The van der Waals surface area contributed by atoms with E-state index in [1.54, 1.807) is 0 Å². The Bertz CT molecular complexity index is 246. The molecule has 0 heterocycles. The second kappa shape index (κ2) is 5.48. The van der Waals surface area contributed by atoms with Crippen LogP contribution in [0.2, 0.25) is 0 Å². The van der Waals surface area contributed by atoms with E-state index in [0.29, 0.717) is 17.6 Å². The molecule has 1 rings (SSSR count). The third-order valence-electron chi connectivity index (χ3n) is 3.54. The Hall–Kier alpha value is -0.590. The lowest BCUT2D eigenvalue weighted by molar-refractivity contribution is -0.123. The van der Waals surface area contributed by atoms with Gasteiger partial charge < -0.3 is 0 Å². The van der Waals surface area contributed by atoms with Gasteiger partial charge in [-0.05, 0) is 44.4 Å². The first-order chi connectivity index (χ1) is 7.00. The van der Waals surface area contributed by atoms with E-state index >= 15 is 0 Å². The molecule has 0 radical (unpaired) electrons. The number of carbonyl (C=O) groups is 1. The lowest BCUT2D eigenvalue weighted by Crippen LogP contribution is -2.28. The number of Topliss-reactive ketones (excluding diaryl/α,β-unsaturated/α-hetero) is 1. The zero-order valence-electron chi connectivity index (χ0n) is 10.5. The van der Waals surface area contributed by atoms with Crippen molar-refractivity contribution in [2.24, 2.45) is 17.8 Å². The van der Waals surface area contributed by atoms with Gasteiger partial charge in [0.25, 0.3) is 0 Å². The summed E-state index contributed by atoms with van der Waals surface area (Å²) in [6.45, 7) is 8.84. The zero-order valence-corrected chi connectivity index (χ0v) is 10.5. The predicted octanol–water partition coefficient (Wildman–Crippen LogP) is 3.98. The molecule has 1 fully saturated rings. The van der Waals surface area contributed by atoms with Crippen LogP contribution < -0.4 is 0 Å². The molecule has 1 nitrogen and oxygen atoms in total. The van der Waals surface area contributed by atoms with Gasteiger partial charge in [-0.3, -0.25) is 4.79 Å². The summed E-state index contributed by atoms with van der Waals surface area (Å²) >= 11 is 0. The summed E-state index contributed by atoms with van der Waals surface area (Å²) in [6, 6.07) is 0. The van der Waals surface area contributed by atoms with Crippen LogP contribution in [0.1, 0.15) is 53.4 Å². The molecule has 0 saturated heterocycles. The summed E-state index contributed by atoms with van der Waals surface area (Å²) in [4.78, 5) is 11.5. The molecule has 0 aromatic carbocycles. The number of ketones is 1. The van der Waals surface area contributed by atoms with E-state index in [2.05, 4.69) is 33.8 Å². The molecule has 1 saturated carbocycles. The first kappa shape index (κ1) is 12.5. The van der Waals surface area contributed by atoms with Gasteiger partial charge in [0.05, 0.1) is 0 Å². The molecule has 0 bridgehead atoms. The Morgan fingerprint density at radius 3 is 2.67 bits per heavy atom. The molecule has 0 unspecified atom stereocenters. The van der Waals surface area contributed by atoms with Crippen molar-refractivity contribution in [1.82, 2.24) is 0 Å². The maximum Gasteiger partial charge on any atom is 0.133 e. The number of rotatable bonds is 3. The lowest BCUT2D eigenvalue weighted by atomic mass is 9.71. The second-order valence-electron chi connectivity index (χ2n) is 5.47. The first-order valence-electron chi connectivity index (χ1n) is 6.15. The van der Waals surface area contributed by atoms with Gasteiger partial charge >= 0.3 is 0 Å². The third kappa shape index (κ3) is 3.81. The van der Waals surface area contributed by atoms with Crippen LogP contribution in [0.5, 0.6) is 0 Å². The van der Waals surface area contributed by atoms with Crippen LogP contribution in [0.3, 0.4) is 0 Å². The van der Waals surface area contributed by atoms with Gasteiger partial charge in [0.2, 0.25) is 0 Å². The number of hydrogen-bond acceptors (Lipinski definition) is 1.